The normalized spacial score (nSPS) is 23.2. The molecule has 0 aliphatic heterocycles. The Kier molecular flexibility index (Phi) is 4.14. The molecule has 0 saturated heterocycles. The molecule has 1 fully saturated rings. The predicted molar refractivity (Wildman–Crippen MR) is 73.6 cm³/mol. The Balaban J connectivity index is 2.24. The maximum atomic E-state index is 13.2. The lowest BCUT2D eigenvalue weighted by Crippen LogP contribution is -2.23. The van der Waals surface area contributed by atoms with E-state index in [0.29, 0.717) is 5.56 Å². The number of alkyl halides is 4. The Bertz CT molecular complexity index is 613. The molecule has 0 radical (unpaired) electrons. The van der Waals surface area contributed by atoms with Gasteiger partial charge in [-0.2, -0.15) is 14.0 Å². The van der Waals surface area contributed by atoms with E-state index in [1.54, 1.807) is 6.07 Å². The van der Waals surface area contributed by atoms with Gasteiger partial charge in [-0.15, -0.1) is 23.2 Å². The van der Waals surface area contributed by atoms with Crippen molar-refractivity contribution in [1.29, 1.82) is 5.26 Å². The van der Waals surface area contributed by atoms with Gasteiger partial charge in [-0.1, -0.05) is 19.1 Å². The molecule has 7 heteroatoms. The lowest BCUT2D eigenvalue weighted by molar-refractivity contribution is -0.177. The van der Waals surface area contributed by atoms with E-state index < -0.39 is 34.5 Å². The molecule has 1 saturated carbocycles. The fourth-order valence-corrected chi connectivity index (χ4v) is 2.98. The second kappa shape index (κ2) is 5.43. The molecule has 0 heterocycles. The second-order valence-corrected chi connectivity index (χ2v) is 6.22. The number of hydrogen-bond acceptors (Lipinski definition) is 3. The highest BCUT2D eigenvalue weighted by molar-refractivity contribution is 6.53. The third-order valence-electron chi connectivity index (χ3n) is 3.34. The molecule has 21 heavy (non-hydrogen) atoms. The van der Waals surface area contributed by atoms with Gasteiger partial charge in [0.1, 0.15) is 16.2 Å². The summed E-state index contributed by atoms with van der Waals surface area (Å²) in [5.74, 6) is -2.23. The molecule has 2 atom stereocenters. The van der Waals surface area contributed by atoms with Crippen LogP contribution in [0.5, 0.6) is 5.75 Å². The van der Waals surface area contributed by atoms with Gasteiger partial charge in [0, 0.05) is 12.3 Å². The Labute approximate surface area is 130 Å². The number of carbonyl (C=O) groups excluding carboxylic acids is 1. The first kappa shape index (κ1) is 16.0. The molecule has 2 unspecified atom stereocenters. The number of ketones is 1. The summed E-state index contributed by atoms with van der Waals surface area (Å²) in [6.45, 7) is 1.30. The topological polar surface area (TPSA) is 50.1 Å². The van der Waals surface area contributed by atoms with E-state index in [-0.39, 0.29) is 5.75 Å². The van der Waals surface area contributed by atoms with Crippen molar-refractivity contribution in [3.05, 3.63) is 29.8 Å². The average molecular weight is 334 g/mol. The van der Waals surface area contributed by atoms with Gasteiger partial charge in [0.05, 0.1) is 5.92 Å². The standard InChI is InChI=1S/C14H11Cl2F2NO2/c1-2-13(17,18)21-9-5-3-4-8(6-9)11-12(10(20)7-19)14(11,15)16/h3-6,11-12H,2H2,1H3. The van der Waals surface area contributed by atoms with Crippen molar-refractivity contribution in [1.82, 2.24) is 0 Å². The van der Waals surface area contributed by atoms with Crippen LogP contribution in [-0.2, 0) is 4.79 Å². The molecular formula is C14H11Cl2F2NO2. The van der Waals surface area contributed by atoms with Gasteiger partial charge in [-0.05, 0) is 17.7 Å². The third-order valence-corrected chi connectivity index (χ3v) is 4.28. The van der Waals surface area contributed by atoms with Crippen molar-refractivity contribution in [2.45, 2.75) is 29.7 Å². The van der Waals surface area contributed by atoms with Crippen molar-refractivity contribution in [2.24, 2.45) is 5.92 Å². The SMILES string of the molecule is CCC(F)(F)Oc1cccc(C2C(C(=O)C#N)C2(Cl)Cl)c1. The van der Waals surface area contributed by atoms with Crippen molar-refractivity contribution in [3.63, 3.8) is 0 Å². The van der Waals surface area contributed by atoms with Crippen molar-refractivity contribution < 1.29 is 18.3 Å². The van der Waals surface area contributed by atoms with Crippen molar-refractivity contribution in [2.75, 3.05) is 0 Å². The number of benzene rings is 1. The number of Topliss-reactive ketones (excluding diaryl/α,β-unsaturated/α-hetero) is 1. The number of carbonyl (C=O) groups is 1. The van der Waals surface area contributed by atoms with Crippen LogP contribution in [0.3, 0.4) is 0 Å². The van der Waals surface area contributed by atoms with Crippen LogP contribution in [0.4, 0.5) is 8.78 Å². The van der Waals surface area contributed by atoms with Gasteiger partial charge < -0.3 is 4.74 Å². The van der Waals surface area contributed by atoms with Crippen LogP contribution in [0, 0.1) is 17.2 Å². The van der Waals surface area contributed by atoms with Crippen LogP contribution in [-0.4, -0.2) is 16.2 Å². The molecule has 1 aromatic rings. The zero-order valence-corrected chi connectivity index (χ0v) is 12.5. The smallest absolute Gasteiger partial charge is 0.397 e. The Morgan fingerprint density at radius 2 is 2.19 bits per heavy atom. The number of nitriles is 1. The van der Waals surface area contributed by atoms with Crippen LogP contribution in [0.2, 0.25) is 0 Å². The fraction of sp³-hybridized carbons (Fsp3) is 0.429. The highest BCUT2D eigenvalue weighted by Gasteiger charge is 2.67. The third kappa shape index (κ3) is 3.12. The summed E-state index contributed by atoms with van der Waals surface area (Å²) in [4.78, 5) is 11.5. The van der Waals surface area contributed by atoms with Crippen LogP contribution < -0.4 is 4.74 Å². The molecule has 0 spiro atoms. The Morgan fingerprint density at radius 1 is 1.52 bits per heavy atom. The van der Waals surface area contributed by atoms with Crippen LogP contribution in [0.25, 0.3) is 0 Å². The molecule has 2 rings (SSSR count). The van der Waals surface area contributed by atoms with Crippen LogP contribution in [0.15, 0.2) is 24.3 Å². The highest BCUT2D eigenvalue weighted by atomic mass is 35.5. The lowest BCUT2D eigenvalue weighted by Gasteiger charge is -2.16. The first-order valence-electron chi connectivity index (χ1n) is 6.21. The van der Waals surface area contributed by atoms with Crippen molar-refractivity contribution >= 4 is 29.0 Å². The minimum absolute atomic E-state index is 0.0430. The molecule has 1 aromatic carbocycles. The van der Waals surface area contributed by atoms with E-state index in [9.17, 15) is 13.6 Å². The summed E-state index contributed by atoms with van der Waals surface area (Å²) in [6.07, 6.45) is -3.74. The quantitative estimate of drug-likeness (QED) is 0.603. The van der Waals surface area contributed by atoms with Gasteiger partial charge in [0.25, 0.3) is 0 Å². The Morgan fingerprint density at radius 3 is 2.76 bits per heavy atom. The average Bonchev–Trinajstić information content (AvgIpc) is 3.00. The molecular weight excluding hydrogens is 323 g/mol. The number of rotatable bonds is 5. The molecule has 0 amide bonds. The lowest BCUT2D eigenvalue weighted by atomic mass is 10.1. The van der Waals surface area contributed by atoms with E-state index in [1.165, 1.54) is 31.2 Å². The molecule has 0 N–H and O–H groups in total. The van der Waals surface area contributed by atoms with Crippen LogP contribution >= 0.6 is 23.2 Å². The fourth-order valence-electron chi connectivity index (χ4n) is 2.15. The zero-order valence-electron chi connectivity index (χ0n) is 10.9. The number of ether oxygens (including phenoxy) is 1. The highest BCUT2D eigenvalue weighted by Crippen LogP contribution is 2.65. The largest absolute Gasteiger partial charge is 0.433 e. The summed E-state index contributed by atoms with van der Waals surface area (Å²) in [7, 11) is 0. The monoisotopic (exact) mass is 333 g/mol. The minimum atomic E-state index is -3.27. The second-order valence-electron chi connectivity index (χ2n) is 4.77. The molecule has 1 aliphatic carbocycles. The minimum Gasteiger partial charge on any atom is -0.433 e. The summed E-state index contributed by atoms with van der Waals surface area (Å²) in [5.41, 5.74) is 0.484. The van der Waals surface area contributed by atoms with E-state index in [4.69, 9.17) is 28.5 Å². The van der Waals surface area contributed by atoms with Gasteiger partial charge in [0.15, 0.2) is 0 Å². The zero-order chi connectivity index (χ0) is 15.8. The summed E-state index contributed by atoms with van der Waals surface area (Å²) in [5, 5.41) is 8.64. The maximum absolute atomic E-state index is 13.2. The first-order valence-corrected chi connectivity index (χ1v) is 6.97. The first-order chi connectivity index (χ1) is 9.73. The molecule has 1 aliphatic rings. The molecule has 0 aromatic heterocycles. The molecule has 112 valence electrons. The molecule has 0 bridgehead atoms. The predicted octanol–water partition coefficient (Wildman–Crippen LogP) is 4.05. The van der Waals surface area contributed by atoms with E-state index in [1.807, 2.05) is 0 Å². The number of hydrogen-bond donors (Lipinski definition) is 0. The summed E-state index contributed by atoms with van der Waals surface area (Å²) < 4.78 is 29.7. The molecule has 3 nitrogen and oxygen atoms in total. The van der Waals surface area contributed by atoms with Gasteiger partial charge in [0.2, 0.25) is 5.78 Å². The van der Waals surface area contributed by atoms with Gasteiger partial charge in [-0.3, -0.25) is 4.79 Å². The van der Waals surface area contributed by atoms with Crippen molar-refractivity contribution in [3.8, 4) is 11.8 Å². The Hall–Kier alpha value is -1.38. The van der Waals surface area contributed by atoms with E-state index in [0.717, 1.165) is 0 Å². The summed E-state index contributed by atoms with van der Waals surface area (Å²) in [6, 6.07) is 7.33. The van der Waals surface area contributed by atoms with Gasteiger partial charge in [-0.25, -0.2) is 0 Å². The van der Waals surface area contributed by atoms with Gasteiger partial charge >= 0.3 is 6.11 Å². The number of nitrogens with zero attached hydrogens (tertiary/aromatic N) is 1. The maximum Gasteiger partial charge on any atom is 0.397 e. The van der Waals surface area contributed by atoms with E-state index >= 15 is 0 Å². The summed E-state index contributed by atoms with van der Waals surface area (Å²) >= 11 is 12.0. The van der Waals surface area contributed by atoms with E-state index in [2.05, 4.69) is 4.74 Å². The van der Waals surface area contributed by atoms with Crippen LogP contribution in [0.1, 0.15) is 24.8 Å². The number of halogens is 4.